The number of benzene rings is 1. The first-order valence-corrected chi connectivity index (χ1v) is 7.74. The third kappa shape index (κ3) is 2.48. The maximum Gasteiger partial charge on any atom is 0.261 e. The lowest BCUT2D eigenvalue weighted by atomic mass is 10.1. The number of carbonyl (C=O) groups excluding carboxylic acids is 2. The second-order valence-corrected chi connectivity index (χ2v) is 6.47. The van der Waals surface area contributed by atoms with Crippen LogP contribution in [0.3, 0.4) is 0 Å². The second-order valence-electron chi connectivity index (χ2n) is 4.60. The molecule has 7 nitrogen and oxygen atoms in total. The molecule has 21 heavy (non-hydrogen) atoms. The number of nitriles is 1. The summed E-state index contributed by atoms with van der Waals surface area (Å²) in [6.07, 6.45) is 0.150. The van der Waals surface area contributed by atoms with Crippen molar-refractivity contribution in [3.63, 3.8) is 0 Å². The topological polar surface area (TPSA) is 107 Å². The minimum Gasteiger partial charge on any atom is -0.282 e. The summed E-state index contributed by atoms with van der Waals surface area (Å²) in [4.78, 5) is 24.5. The van der Waals surface area contributed by atoms with Gasteiger partial charge < -0.3 is 0 Å². The number of carbonyl (C=O) groups is 2. The first-order valence-electron chi connectivity index (χ1n) is 6.19. The van der Waals surface area contributed by atoms with Gasteiger partial charge in [-0.3, -0.25) is 19.2 Å². The molecule has 0 saturated carbocycles. The van der Waals surface area contributed by atoms with Crippen LogP contribution in [0.5, 0.6) is 0 Å². The molecule has 8 heteroatoms. The van der Waals surface area contributed by atoms with Crippen molar-refractivity contribution >= 4 is 27.5 Å². The number of hydrogen-bond acceptors (Lipinski definition) is 5. The zero-order chi connectivity index (χ0) is 15.8. The highest BCUT2D eigenvalue weighted by molar-refractivity contribution is 7.93. The van der Waals surface area contributed by atoms with Gasteiger partial charge in [-0.1, -0.05) is 6.92 Å². The van der Waals surface area contributed by atoms with Crippen LogP contribution in [0.1, 0.15) is 34.1 Å². The molecule has 1 N–H and O–H groups in total. The number of nitrogens with zero attached hydrogens (tertiary/aromatic N) is 2. The summed E-state index contributed by atoms with van der Waals surface area (Å²) in [5, 5.41) is 7.66. The van der Waals surface area contributed by atoms with Gasteiger partial charge >= 0.3 is 0 Å². The van der Waals surface area contributed by atoms with Crippen molar-refractivity contribution < 1.29 is 18.0 Å². The Labute approximate surface area is 122 Å². The molecule has 0 spiro atoms. The van der Waals surface area contributed by atoms with Crippen molar-refractivity contribution in [3.8, 4) is 6.07 Å². The molecule has 1 aliphatic rings. The van der Waals surface area contributed by atoms with Crippen LogP contribution in [0.25, 0.3) is 0 Å². The number of anilines is 1. The molecule has 0 aromatic heterocycles. The molecule has 0 saturated heterocycles. The summed E-state index contributed by atoms with van der Waals surface area (Å²) in [7, 11) is -2.50. The minimum absolute atomic E-state index is 0.146. The van der Waals surface area contributed by atoms with Crippen LogP contribution in [0.2, 0.25) is 0 Å². The van der Waals surface area contributed by atoms with E-state index in [1.807, 2.05) is 0 Å². The molecule has 0 aliphatic carbocycles. The summed E-state index contributed by atoms with van der Waals surface area (Å²) in [6.45, 7) is 1.59. The molecule has 2 rings (SSSR count). The molecule has 0 fully saturated rings. The van der Waals surface area contributed by atoms with Crippen molar-refractivity contribution in [1.82, 2.24) is 4.90 Å². The molecule has 2 amide bonds. The lowest BCUT2D eigenvalue weighted by Crippen LogP contribution is -2.26. The second kappa shape index (κ2) is 5.18. The van der Waals surface area contributed by atoms with Gasteiger partial charge in [-0.25, -0.2) is 8.42 Å². The SMILES string of the molecule is CCC(C#N)S(=O)(=O)Nc1ccc2c(c1)C(=O)N(C)C2=O. The van der Waals surface area contributed by atoms with Crippen LogP contribution in [-0.4, -0.2) is 37.4 Å². The number of fused-ring (bicyclic) bond motifs is 1. The Bertz CT molecular complexity index is 764. The normalized spacial score (nSPS) is 15.6. The van der Waals surface area contributed by atoms with E-state index >= 15 is 0 Å². The van der Waals surface area contributed by atoms with Crippen LogP contribution in [0, 0.1) is 11.3 Å². The summed E-state index contributed by atoms with van der Waals surface area (Å²) in [5.74, 6) is -0.906. The molecular formula is C13H13N3O4S. The Morgan fingerprint density at radius 2 is 1.90 bits per heavy atom. The van der Waals surface area contributed by atoms with E-state index in [1.165, 1.54) is 25.2 Å². The van der Waals surface area contributed by atoms with Gasteiger partial charge in [0.05, 0.1) is 17.2 Å². The average Bonchev–Trinajstić information content (AvgIpc) is 2.64. The van der Waals surface area contributed by atoms with Gasteiger partial charge in [-0.2, -0.15) is 5.26 Å². The fraction of sp³-hybridized carbons (Fsp3) is 0.308. The Morgan fingerprint density at radius 1 is 1.29 bits per heavy atom. The molecule has 0 bridgehead atoms. The van der Waals surface area contributed by atoms with Gasteiger partial charge in [0.2, 0.25) is 10.0 Å². The van der Waals surface area contributed by atoms with Crippen molar-refractivity contribution in [2.75, 3.05) is 11.8 Å². The van der Waals surface area contributed by atoms with E-state index in [-0.39, 0.29) is 23.2 Å². The van der Waals surface area contributed by atoms with E-state index in [1.54, 1.807) is 13.0 Å². The molecule has 0 radical (unpaired) electrons. The lowest BCUT2D eigenvalue weighted by molar-refractivity contribution is 0.0693. The fourth-order valence-corrected chi connectivity index (χ4v) is 3.22. The summed E-state index contributed by atoms with van der Waals surface area (Å²) < 4.78 is 26.2. The van der Waals surface area contributed by atoms with Crippen molar-refractivity contribution in [1.29, 1.82) is 5.26 Å². The van der Waals surface area contributed by atoms with Gasteiger partial charge in [0, 0.05) is 12.7 Å². The Morgan fingerprint density at radius 3 is 2.48 bits per heavy atom. The van der Waals surface area contributed by atoms with Gasteiger partial charge in [0.1, 0.15) is 0 Å². The van der Waals surface area contributed by atoms with Crippen molar-refractivity contribution in [2.24, 2.45) is 0 Å². The summed E-state index contributed by atoms with van der Waals surface area (Å²) in [6, 6.07) is 5.80. The smallest absolute Gasteiger partial charge is 0.261 e. The molecule has 1 aromatic carbocycles. The van der Waals surface area contributed by atoms with Crippen molar-refractivity contribution in [3.05, 3.63) is 29.3 Å². The summed E-state index contributed by atoms with van der Waals surface area (Å²) in [5.41, 5.74) is 0.532. The third-order valence-electron chi connectivity index (χ3n) is 3.24. The zero-order valence-electron chi connectivity index (χ0n) is 11.5. The molecule has 1 heterocycles. The van der Waals surface area contributed by atoms with Gasteiger partial charge in [-0.15, -0.1) is 0 Å². The average molecular weight is 307 g/mol. The van der Waals surface area contributed by atoms with E-state index in [4.69, 9.17) is 5.26 Å². The molecular weight excluding hydrogens is 294 g/mol. The zero-order valence-corrected chi connectivity index (χ0v) is 12.3. The maximum atomic E-state index is 12.0. The van der Waals surface area contributed by atoms with Crippen LogP contribution in [0.4, 0.5) is 5.69 Å². The fourth-order valence-electron chi connectivity index (χ4n) is 2.04. The number of hydrogen-bond donors (Lipinski definition) is 1. The third-order valence-corrected chi connectivity index (χ3v) is 4.95. The Balaban J connectivity index is 2.36. The number of nitrogens with one attached hydrogen (secondary N) is 1. The predicted octanol–water partition coefficient (Wildman–Crippen LogP) is 0.956. The monoisotopic (exact) mass is 307 g/mol. The number of imide groups is 1. The van der Waals surface area contributed by atoms with Gasteiger partial charge in [-0.05, 0) is 24.6 Å². The summed E-state index contributed by atoms with van der Waals surface area (Å²) >= 11 is 0. The molecule has 1 unspecified atom stereocenters. The highest BCUT2D eigenvalue weighted by Crippen LogP contribution is 2.25. The largest absolute Gasteiger partial charge is 0.282 e. The Kier molecular flexibility index (Phi) is 3.70. The van der Waals surface area contributed by atoms with Gasteiger partial charge in [0.25, 0.3) is 11.8 Å². The van der Waals surface area contributed by atoms with Gasteiger partial charge in [0.15, 0.2) is 5.25 Å². The van der Waals surface area contributed by atoms with Crippen LogP contribution in [-0.2, 0) is 10.0 Å². The molecule has 1 atom stereocenters. The molecule has 1 aliphatic heterocycles. The first-order chi connectivity index (χ1) is 9.81. The van der Waals surface area contributed by atoms with Crippen LogP contribution < -0.4 is 4.72 Å². The van der Waals surface area contributed by atoms with Crippen LogP contribution in [0.15, 0.2) is 18.2 Å². The van der Waals surface area contributed by atoms with Crippen molar-refractivity contribution in [2.45, 2.75) is 18.6 Å². The highest BCUT2D eigenvalue weighted by atomic mass is 32.2. The van der Waals surface area contributed by atoms with E-state index in [9.17, 15) is 18.0 Å². The number of rotatable bonds is 4. The van der Waals surface area contributed by atoms with E-state index in [0.29, 0.717) is 0 Å². The van der Waals surface area contributed by atoms with E-state index in [0.717, 1.165) is 4.90 Å². The van der Waals surface area contributed by atoms with E-state index < -0.39 is 27.1 Å². The van der Waals surface area contributed by atoms with Crippen LogP contribution >= 0.6 is 0 Å². The first kappa shape index (κ1) is 15.0. The standard InChI is InChI=1S/C13H13N3O4S/c1-3-9(7-14)21(19,20)15-8-4-5-10-11(6-8)13(18)16(2)12(10)17/h4-6,9,15H,3H2,1-2H3. The molecule has 110 valence electrons. The number of amides is 2. The quantitative estimate of drug-likeness (QED) is 0.833. The minimum atomic E-state index is -3.86. The number of sulfonamides is 1. The lowest BCUT2D eigenvalue weighted by Gasteiger charge is -2.11. The van der Waals surface area contributed by atoms with E-state index in [2.05, 4.69) is 4.72 Å². The molecule has 1 aromatic rings. The predicted molar refractivity (Wildman–Crippen MR) is 75.1 cm³/mol. The maximum absolute atomic E-state index is 12.0. The Hall–Kier alpha value is -2.40. The highest BCUT2D eigenvalue weighted by Gasteiger charge is 2.33.